The average molecular weight is 524 g/mol. The summed E-state index contributed by atoms with van der Waals surface area (Å²) in [4.78, 5) is 2.14. The summed E-state index contributed by atoms with van der Waals surface area (Å²) < 4.78 is 36.0. The van der Waals surface area contributed by atoms with Gasteiger partial charge in [-0.15, -0.1) is 0 Å². The van der Waals surface area contributed by atoms with Crippen LogP contribution in [0.4, 0.5) is 5.69 Å². The molecule has 1 aliphatic rings. The summed E-state index contributed by atoms with van der Waals surface area (Å²) in [5.74, 6) is 0. The number of aryl methyl sites for hydroxylation is 3. The van der Waals surface area contributed by atoms with Gasteiger partial charge in [0.2, 0.25) is 0 Å². The summed E-state index contributed by atoms with van der Waals surface area (Å²) in [7, 11) is 2.14. The van der Waals surface area contributed by atoms with Crippen LogP contribution in [0.3, 0.4) is 0 Å². The van der Waals surface area contributed by atoms with Gasteiger partial charge in [0.1, 0.15) is 15.8 Å². The number of amidine groups is 1. The number of benzene rings is 2. The normalized spacial score (nSPS) is 17.8. The third-order valence-corrected chi connectivity index (χ3v) is 12.3. The molecule has 0 fully saturated rings. The maximum absolute atomic E-state index is 10.4. The van der Waals surface area contributed by atoms with Crippen molar-refractivity contribution in [2.45, 2.75) is 65.4 Å². The highest BCUT2D eigenvalue weighted by Gasteiger charge is 2.51. The number of rotatable bonds is 4. The minimum Gasteiger partial charge on any atom is -0.744 e. The van der Waals surface area contributed by atoms with Crippen LogP contribution in [0.1, 0.15) is 44.4 Å². The van der Waals surface area contributed by atoms with E-state index in [4.69, 9.17) is 11.8 Å². The molecule has 0 spiro atoms. The van der Waals surface area contributed by atoms with Crippen LogP contribution in [0.15, 0.2) is 41.3 Å². The van der Waals surface area contributed by atoms with Gasteiger partial charge in [-0.2, -0.15) is 0 Å². The quantitative estimate of drug-likeness (QED) is 0.336. The lowest BCUT2D eigenvalue weighted by molar-refractivity contribution is -0.462. The molecule has 1 aliphatic heterocycles. The summed E-state index contributed by atoms with van der Waals surface area (Å²) in [5, 5.41) is 1.35. The number of nitrogens with zero attached hydrogens (tertiary/aromatic N) is 3. The standard InChI is InChI=1S/C18H31N3PS.C7H8O3S/c1-12(2)21(13(3)4)22(23)17-11-15(6)14(5)10-16(17)20(9)18(22)19(7)8;1-6-2-4-7(5-3-6)11(8,9)10/h10-13H,1-9H3;2-5H,1H3,(H,8,9,10)/q+1;/p-1. The predicted molar refractivity (Wildman–Crippen MR) is 147 cm³/mol. The van der Waals surface area contributed by atoms with Crippen LogP contribution in [-0.4, -0.2) is 61.0 Å². The third-order valence-electron chi connectivity index (χ3n) is 5.94. The Morgan fingerprint density at radius 3 is 1.85 bits per heavy atom. The fraction of sp³-hybridized carbons (Fsp3) is 0.480. The molecule has 1 heterocycles. The first-order valence-corrected chi connectivity index (χ1v) is 15.5. The van der Waals surface area contributed by atoms with Crippen molar-refractivity contribution in [3.05, 3.63) is 53.1 Å². The Balaban J connectivity index is 0.000000310. The molecule has 0 saturated heterocycles. The van der Waals surface area contributed by atoms with Crippen LogP contribution < -0.4 is 10.2 Å². The summed E-state index contributed by atoms with van der Waals surface area (Å²) in [6.45, 7) is 15.3. The highest BCUT2D eigenvalue weighted by Crippen LogP contribution is 2.59. The van der Waals surface area contributed by atoms with Crippen molar-refractivity contribution in [2.24, 2.45) is 0 Å². The topological polar surface area (TPSA) is 66.7 Å². The highest BCUT2D eigenvalue weighted by molar-refractivity contribution is 8.25. The van der Waals surface area contributed by atoms with E-state index < -0.39 is 16.3 Å². The molecular formula is C25H38N3O3PS2. The first kappa shape index (κ1) is 28.7. The first-order valence-electron chi connectivity index (χ1n) is 11.3. The minimum absolute atomic E-state index is 0.178. The Labute approximate surface area is 211 Å². The largest absolute Gasteiger partial charge is 0.744 e. The fourth-order valence-electron chi connectivity index (χ4n) is 4.47. The number of hydrogen-bond donors (Lipinski definition) is 0. The van der Waals surface area contributed by atoms with Crippen LogP contribution >= 0.6 is 6.19 Å². The molecule has 2 aromatic carbocycles. The molecule has 9 heteroatoms. The maximum atomic E-state index is 10.4. The van der Waals surface area contributed by atoms with Crippen molar-refractivity contribution in [2.75, 3.05) is 26.0 Å². The van der Waals surface area contributed by atoms with E-state index in [1.54, 1.807) is 12.1 Å². The molecule has 1 unspecified atom stereocenters. The van der Waals surface area contributed by atoms with Gasteiger partial charge in [0.05, 0.1) is 31.3 Å². The summed E-state index contributed by atoms with van der Waals surface area (Å²) >= 11 is 6.49. The van der Waals surface area contributed by atoms with Gasteiger partial charge in [-0.05, 0) is 83.9 Å². The van der Waals surface area contributed by atoms with Crippen molar-refractivity contribution in [3.8, 4) is 0 Å². The van der Waals surface area contributed by atoms with Gasteiger partial charge < -0.3 is 4.55 Å². The Morgan fingerprint density at radius 2 is 1.44 bits per heavy atom. The van der Waals surface area contributed by atoms with E-state index >= 15 is 0 Å². The average Bonchev–Trinajstić information content (AvgIpc) is 2.89. The zero-order valence-corrected chi connectivity index (χ0v) is 24.5. The lowest BCUT2D eigenvalue weighted by Gasteiger charge is -2.37. The Bertz CT molecular complexity index is 1220. The number of hydrogen-bond acceptors (Lipinski definition) is 4. The molecule has 2 aromatic rings. The summed E-state index contributed by atoms with van der Waals surface area (Å²) in [5.41, 5.74) is 6.15. The predicted octanol–water partition coefficient (Wildman–Crippen LogP) is 4.42. The van der Waals surface area contributed by atoms with Gasteiger partial charge >= 0.3 is 0 Å². The van der Waals surface area contributed by atoms with Crippen LogP contribution in [0, 0.1) is 20.8 Å². The van der Waals surface area contributed by atoms with E-state index in [-0.39, 0.29) is 4.90 Å². The molecule has 1 atom stereocenters. The van der Waals surface area contributed by atoms with Crippen LogP contribution in [0.25, 0.3) is 0 Å². The second kappa shape index (κ2) is 10.6. The van der Waals surface area contributed by atoms with Crippen molar-refractivity contribution < 1.29 is 17.5 Å². The fourth-order valence-corrected chi connectivity index (χ4v) is 11.3. The Hall–Kier alpha value is -1.57. The molecule has 6 nitrogen and oxygen atoms in total. The maximum Gasteiger partial charge on any atom is 0.300 e. The van der Waals surface area contributed by atoms with Gasteiger partial charge in [-0.25, -0.2) is 13.3 Å². The second-order valence-corrected chi connectivity index (χ2v) is 15.1. The van der Waals surface area contributed by atoms with Crippen molar-refractivity contribution >= 4 is 44.7 Å². The molecule has 34 heavy (non-hydrogen) atoms. The van der Waals surface area contributed by atoms with E-state index in [1.807, 2.05) is 6.92 Å². The molecule has 0 radical (unpaired) electrons. The SMILES string of the molecule is Cc1cc2c(cc1C)P(=S)(N(C(C)C)C(C)C)C(=[N+](C)C)N2C.Cc1ccc(S(=O)(=O)[O-])cc1. The number of fused-ring (bicyclic) bond motifs is 1. The molecule has 0 aliphatic carbocycles. The first-order chi connectivity index (χ1) is 15.5. The number of anilines is 1. The van der Waals surface area contributed by atoms with Crippen LogP contribution in [-0.2, 0) is 21.9 Å². The van der Waals surface area contributed by atoms with E-state index in [0.717, 1.165) is 5.56 Å². The molecule has 0 amide bonds. The lowest BCUT2D eigenvalue weighted by Crippen LogP contribution is -2.41. The Morgan fingerprint density at radius 1 is 0.971 bits per heavy atom. The third kappa shape index (κ3) is 5.63. The van der Waals surface area contributed by atoms with Gasteiger partial charge in [0.25, 0.3) is 5.58 Å². The molecule has 0 N–H and O–H groups in total. The molecule has 188 valence electrons. The second-order valence-electron chi connectivity index (χ2n) is 9.59. The van der Waals surface area contributed by atoms with Crippen LogP contribution in [0.5, 0.6) is 0 Å². The Kier molecular flexibility index (Phi) is 8.93. The van der Waals surface area contributed by atoms with E-state index in [0.29, 0.717) is 12.1 Å². The highest BCUT2D eigenvalue weighted by atomic mass is 32.4. The van der Waals surface area contributed by atoms with Crippen molar-refractivity contribution in [3.63, 3.8) is 0 Å². The van der Waals surface area contributed by atoms with Crippen LogP contribution in [0.2, 0.25) is 0 Å². The molecule has 3 rings (SSSR count). The lowest BCUT2D eigenvalue weighted by atomic mass is 10.1. The molecular weight excluding hydrogens is 485 g/mol. The zero-order chi connectivity index (χ0) is 26.2. The summed E-state index contributed by atoms with van der Waals surface area (Å²) in [6, 6.07) is 11.3. The zero-order valence-electron chi connectivity index (χ0n) is 21.9. The van der Waals surface area contributed by atoms with E-state index in [1.165, 1.54) is 39.8 Å². The summed E-state index contributed by atoms with van der Waals surface area (Å²) in [6.07, 6.45) is -2.02. The van der Waals surface area contributed by atoms with E-state index in [2.05, 4.69) is 89.0 Å². The van der Waals surface area contributed by atoms with Gasteiger partial charge in [0, 0.05) is 12.1 Å². The van der Waals surface area contributed by atoms with Gasteiger partial charge in [-0.3, -0.25) is 9.25 Å². The van der Waals surface area contributed by atoms with Gasteiger partial charge in [0.15, 0.2) is 6.19 Å². The minimum atomic E-state index is -4.27. The smallest absolute Gasteiger partial charge is 0.300 e. The van der Waals surface area contributed by atoms with E-state index in [9.17, 15) is 13.0 Å². The van der Waals surface area contributed by atoms with Crippen molar-refractivity contribution in [1.29, 1.82) is 0 Å². The molecule has 0 bridgehead atoms. The molecule has 0 saturated carbocycles. The van der Waals surface area contributed by atoms with Crippen molar-refractivity contribution in [1.82, 2.24) is 4.67 Å². The van der Waals surface area contributed by atoms with Gasteiger partial charge in [-0.1, -0.05) is 29.5 Å². The molecule has 0 aromatic heterocycles. The monoisotopic (exact) mass is 523 g/mol.